The molecule has 0 saturated carbocycles. The highest BCUT2D eigenvalue weighted by molar-refractivity contribution is 5.87. The van der Waals surface area contributed by atoms with Crippen LogP contribution in [0.15, 0.2) is 123 Å². The summed E-state index contributed by atoms with van der Waals surface area (Å²) in [6, 6.07) is 26.2. The average molecular weight is 907 g/mol. The molecule has 0 atom stereocenters. The van der Waals surface area contributed by atoms with E-state index >= 15 is 0 Å². The molecule has 5 N–H and O–H groups in total. The zero-order valence-electron chi connectivity index (χ0n) is 37.6. The smallest absolute Gasteiger partial charge is 0.374 e. The fourth-order valence-electron chi connectivity index (χ4n) is 7.14. The van der Waals surface area contributed by atoms with Crippen molar-refractivity contribution < 1.29 is 34.7 Å². The highest BCUT2D eigenvalue weighted by Gasteiger charge is 2.13. The molecule has 0 aliphatic heterocycles. The number of imidazole rings is 4. The molecule has 0 saturated heterocycles. The summed E-state index contributed by atoms with van der Waals surface area (Å²) in [5, 5.41) is 24.0. The monoisotopic (exact) mass is 906 g/mol. The van der Waals surface area contributed by atoms with Crippen LogP contribution >= 0.6 is 0 Å². The second kappa shape index (κ2) is 23.5. The molecule has 0 unspecified atom stereocenters. The number of carbonyl (C=O) groups is 3. The minimum absolute atomic E-state index is 0.0111. The van der Waals surface area contributed by atoms with Gasteiger partial charge in [0.1, 0.15) is 6.29 Å². The fourth-order valence-corrected chi connectivity index (χ4v) is 7.14. The van der Waals surface area contributed by atoms with Crippen LogP contribution in [0.1, 0.15) is 57.5 Å². The van der Waals surface area contributed by atoms with Gasteiger partial charge in [0.15, 0.2) is 0 Å². The number of fused-ring (bicyclic) bond motifs is 4. The van der Waals surface area contributed by atoms with Crippen molar-refractivity contribution in [2.24, 2.45) is 0 Å². The Balaban J connectivity index is 0.000000187. The van der Waals surface area contributed by atoms with Crippen LogP contribution in [0.3, 0.4) is 0 Å². The highest BCUT2D eigenvalue weighted by atomic mass is 17.1. The minimum Gasteiger partial charge on any atom is -0.478 e. The second-order valence-electron chi connectivity index (χ2n) is 14.0. The maximum absolute atomic E-state index is 12.1. The zero-order valence-corrected chi connectivity index (χ0v) is 37.6. The maximum Gasteiger partial charge on any atom is 0.374 e. The third-order valence-electron chi connectivity index (χ3n) is 10.2. The molecular weight excluding hydrogens is 853 g/mol. The van der Waals surface area contributed by atoms with Crippen LogP contribution < -0.4 is 22.8 Å². The molecule has 0 spiro atoms. The van der Waals surface area contributed by atoms with E-state index in [1.165, 1.54) is 6.08 Å². The molecule has 0 amide bonds. The van der Waals surface area contributed by atoms with Crippen molar-refractivity contribution in [2.45, 2.75) is 80.8 Å². The van der Waals surface area contributed by atoms with Gasteiger partial charge in [-0.1, -0.05) is 30.3 Å². The molecule has 0 aliphatic carbocycles. The quantitative estimate of drug-likeness (QED) is 0.0314. The largest absolute Gasteiger partial charge is 0.478 e. The van der Waals surface area contributed by atoms with Crippen molar-refractivity contribution in [1.29, 1.82) is 0 Å². The van der Waals surface area contributed by atoms with Crippen LogP contribution in [0, 0.1) is 0 Å². The standard InChI is InChI=1S/C14H16N2O3.C12H14N2O2.C11H14N2O.C7H6N2O.C3H4O4/c1-3-15-11-7-5-10(6-8-13(17)18)9-12(11)16(4-2)14(15)19;1-3-13-10-6-5-9(8-15)7-11(10)14(4-2)12(13)16;1-3-12-9-7-5-6-8-10(9)13(4-2)11(12)14;10-7-8-5-3-1-2-4-6(5)9-7;1-2(7-6)3(4)5/h5-9H,3-4H2,1-2H3,(H,17,18);5-8H,3-4H2,1-2H3;5-8H,3-4H2,1-2H3;1-4H,(H2,8,9,10);6H,1H2,(H,4,5)/b8-6+;;;;. The molecule has 19 heteroatoms. The van der Waals surface area contributed by atoms with Crippen molar-refractivity contribution in [1.82, 2.24) is 37.4 Å². The molecule has 4 aromatic carbocycles. The molecule has 8 rings (SSSR count). The number of aldehydes is 1. The van der Waals surface area contributed by atoms with Gasteiger partial charge in [-0.2, -0.15) is 0 Å². The molecule has 348 valence electrons. The summed E-state index contributed by atoms with van der Waals surface area (Å²) in [6.07, 6.45) is 3.41. The van der Waals surface area contributed by atoms with E-state index in [0.717, 1.165) is 75.1 Å². The van der Waals surface area contributed by atoms with Gasteiger partial charge in [-0.25, -0.2) is 34.0 Å². The van der Waals surface area contributed by atoms with Gasteiger partial charge in [-0.05, 0) is 114 Å². The summed E-state index contributed by atoms with van der Waals surface area (Å²) in [5.41, 5.74) is 8.47. The lowest BCUT2D eigenvalue weighted by molar-refractivity contribution is -0.209. The number of para-hydroxylation sites is 4. The zero-order chi connectivity index (χ0) is 48.7. The Morgan fingerprint density at radius 2 is 0.909 bits per heavy atom. The van der Waals surface area contributed by atoms with Crippen molar-refractivity contribution in [3.8, 4) is 0 Å². The summed E-state index contributed by atoms with van der Waals surface area (Å²) in [4.78, 5) is 86.0. The van der Waals surface area contributed by atoms with Gasteiger partial charge in [0.2, 0.25) is 5.76 Å². The number of aromatic amines is 2. The number of H-pyrrole nitrogens is 2. The molecule has 0 bridgehead atoms. The maximum atomic E-state index is 12.1. The Hall–Kier alpha value is -8.19. The van der Waals surface area contributed by atoms with Crippen molar-refractivity contribution in [3.05, 3.63) is 156 Å². The van der Waals surface area contributed by atoms with Gasteiger partial charge in [0.05, 0.1) is 44.1 Å². The number of carbonyl (C=O) groups excluding carboxylic acids is 1. The third-order valence-corrected chi connectivity index (χ3v) is 10.2. The van der Waals surface area contributed by atoms with E-state index in [0.29, 0.717) is 31.7 Å². The second-order valence-corrected chi connectivity index (χ2v) is 14.0. The average Bonchev–Trinajstić information content (AvgIpc) is 4.01. The van der Waals surface area contributed by atoms with Gasteiger partial charge in [0, 0.05) is 50.9 Å². The van der Waals surface area contributed by atoms with Crippen molar-refractivity contribution >= 4 is 68.4 Å². The number of nitrogens with one attached hydrogen (secondary N) is 2. The van der Waals surface area contributed by atoms with Crippen molar-refractivity contribution in [2.75, 3.05) is 0 Å². The number of hydrogen-bond acceptors (Lipinski definition) is 9. The number of aryl methyl sites for hydroxylation is 6. The number of carboxylic acid groups (broad SMARTS) is 2. The number of aliphatic carboxylic acids is 2. The summed E-state index contributed by atoms with van der Waals surface area (Å²) in [7, 11) is 0. The molecular formula is C47H54N8O11. The normalized spacial score (nSPS) is 10.7. The molecule has 0 radical (unpaired) electrons. The van der Waals surface area contributed by atoms with Crippen LogP contribution in [0.2, 0.25) is 0 Å². The lowest BCUT2D eigenvalue weighted by atomic mass is 10.2. The Kier molecular flexibility index (Phi) is 18.0. The van der Waals surface area contributed by atoms with Gasteiger partial charge in [-0.15, -0.1) is 0 Å². The topological polar surface area (TPSA) is 251 Å². The van der Waals surface area contributed by atoms with E-state index in [4.69, 9.17) is 15.5 Å². The van der Waals surface area contributed by atoms with Crippen LogP contribution in [0.5, 0.6) is 0 Å². The molecule has 4 heterocycles. The van der Waals surface area contributed by atoms with Crippen LogP contribution in [-0.4, -0.2) is 71.1 Å². The first-order valence-electron chi connectivity index (χ1n) is 21.1. The fraction of sp³-hybridized carbons (Fsp3) is 0.255. The third kappa shape index (κ3) is 11.5. The predicted octanol–water partition coefficient (Wildman–Crippen LogP) is 6.37. The van der Waals surface area contributed by atoms with E-state index in [1.54, 1.807) is 39.5 Å². The number of hydrogen-bond donors (Lipinski definition) is 5. The van der Waals surface area contributed by atoms with Crippen LogP contribution in [-0.2, 0) is 53.7 Å². The first-order chi connectivity index (χ1) is 31.6. The molecule has 4 aromatic heterocycles. The van der Waals surface area contributed by atoms with E-state index in [2.05, 4.69) is 21.4 Å². The van der Waals surface area contributed by atoms with E-state index < -0.39 is 17.7 Å². The SMILES string of the molecule is C=C(OO)C(=O)O.CCn1c(=O)n(CC)c2cc(/C=C/C(=O)O)ccc21.CCn1c(=O)n(CC)c2cc(C=O)ccc21.CCn1c(=O)n(CC)c2ccccc21.O=c1[nH]c2ccccc2[nH]1. The molecule has 0 aliphatic rings. The lowest BCUT2D eigenvalue weighted by Gasteiger charge is -1.99. The van der Waals surface area contributed by atoms with Gasteiger partial charge in [-0.3, -0.25) is 32.2 Å². The Bertz CT molecular complexity index is 3180. The van der Waals surface area contributed by atoms with Gasteiger partial charge in [0.25, 0.3) is 0 Å². The highest BCUT2D eigenvalue weighted by Crippen LogP contribution is 2.18. The molecule has 8 aromatic rings. The Morgan fingerprint density at radius 1 is 0.561 bits per heavy atom. The number of benzene rings is 4. The van der Waals surface area contributed by atoms with Gasteiger partial charge < -0.3 is 25.1 Å². The number of aromatic nitrogens is 8. The Morgan fingerprint density at radius 3 is 1.24 bits per heavy atom. The lowest BCUT2D eigenvalue weighted by Crippen LogP contribution is -2.23. The summed E-state index contributed by atoms with van der Waals surface area (Å²) in [6.45, 7) is 18.4. The van der Waals surface area contributed by atoms with Gasteiger partial charge >= 0.3 is 34.7 Å². The predicted molar refractivity (Wildman–Crippen MR) is 254 cm³/mol. The number of nitrogens with zero attached hydrogens (tertiary/aromatic N) is 6. The summed E-state index contributed by atoms with van der Waals surface area (Å²) >= 11 is 0. The van der Waals surface area contributed by atoms with E-state index in [1.807, 2.05) is 114 Å². The van der Waals surface area contributed by atoms with Crippen LogP contribution in [0.4, 0.5) is 0 Å². The van der Waals surface area contributed by atoms with Crippen LogP contribution in [0.25, 0.3) is 50.2 Å². The Labute approximate surface area is 376 Å². The molecule has 66 heavy (non-hydrogen) atoms. The number of carboxylic acids is 2. The minimum atomic E-state index is -1.37. The first kappa shape index (κ1) is 50.5. The first-order valence-corrected chi connectivity index (χ1v) is 21.1. The number of rotatable bonds is 11. The summed E-state index contributed by atoms with van der Waals surface area (Å²) < 4.78 is 10.4. The van der Waals surface area contributed by atoms with E-state index in [-0.39, 0.29) is 22.8 Å². The summed E-state index contributed by atoms with van der Waals surface area (Å²) in [5.74, 6) is -3.04. The van der Waals surface area contributed by atoms with E-state index in [9.17, 15) is 33.6 Å². The molecule has 19 nitrogen and oxygen atoms in total. The molecule has 0 fully saturated rings. The van der Waals surface area contributed by atoms with Crippen molar-refractivity contribution in [3.63, 3.8) is 0 Å².